The van der Waals surface area contributed by atoms with Crippen LogP contribution in [-0.4, -0.2) is 9.38 Å². The molecule has 2 aromatic carbocycles. The maximum absolute atomic E-state index is 13.3. The van der Waals surface area contributed by atoms with Crippen molar-refractivity contribution >= 4 is 33.7 Å². The standard InChI is InChI=1S/C23H16N2OS2/c1-15-12-13-27-18(15)14-19-22(26)25-21(17-10-6-3-7-11-17)20(24-23(25)28-19)16-8-4-2-5-9-16/h2-14H,1H3/b19-14-. The normalized spacial score (nSPS) is 12.1. The third kappa shape index (κ3) is 2.80. The second-order valence-corrected chi connectivity index (χ2v) is 8.50. The molecule has 5 heteroatoms. The summed E-state index contributed by atoms with van der Waals surface area (Å²) in [5.41, 5.74) is 4.86. The van der Waals surface area contributed by atoms with Crippen LogP contribution in [0, 0.1) is 6.92 Å². The molecule has 0 unspecified atom stereocenters. The maximum Gasteiger partial charge on any atom is 0.275 e. The number of aromatic nitrogens is 2. The van der Waals surface area contributed by atoms with Crippen LogP contribution in [0.5, 0.6) is 0 Å². The Kier molecular flexibility index (Phi) is 4.19. The molecule has 0 aliphatic carbocycles. The van der Waals surface area contributed by atoms with Gasteiger partial charge in [-0.25, -0.2) is 9.38 Å². The highest BCUT2D eigenvalue weighted by molar-refractivity contribution is 7.15. The third-order valence-corrected chi connectivity index (χ3v) is 6.65. The number of thiazole rings is 1. The van der Waals surface area contributed by atoms with E-state index in [9.17, 15) is 4.79 Å². The Balaban J connectivity index is 1.83. The Morgan fingerprint density at radius 2 is 1.61 bits per heavy atom. The summed E-state index contributed by atoms with van der Waals surface area (Å²) >= 11 is 3.09. The monoisotopic (exact) mass is 400 g/mol. The van der Waals surface area contributed by atoms with Crippen molar-refractivity contribution < 1.29 is 0 Å². The van der Waals surface area contributed by atoms with Crippen LogP contribution < -0.4 is 10.1 Å². The Bertz CT molecular complexity index is 1380. The van der Waals surface area contributed by atoms with Crippen molar-refractivity contribution in [3.8, 4) is 22.5 Å². The Morgan fingerprint density at radius 1 is 0.929 bits per heavy atom. The predicted molar refractivity (Wildman–Crippen MR) is 118 cm³/mol. The Labute approximate surface area is 169 Å². The van der Waals surface area contributed by atoms with Crippen molar-refractivity contribution in [3.05, 3.63) is 97.4 Å². The molecule has 3 nitrogen and oxygen atoms in total. The molecule has 3 aromatic heterocycles. The topological polar surface area (TPSA) is 34.4 Å². The van der Waals surface area contributed by atoms with E-state index in [1.165, 1.54) is 16.9 Å². The van der Waals surface area contributed by atoms with Gasteiger partial charge in [0.15, 0.2) is 4.96 Å². The number of rotatable bonds is 3. The SMILES string of the molecule is Cc1ccsc1/C=c1\sc2nc(-c3ccccc3)c(-c3ccccc3)n2c1=O. The smallest absolute Gasteiger partial charge is 0.267 e. The number of hydrogen-bond acceptors (Lipinski definition) is 4. The number of nitrogens with zero attached hydrogens (tertiary/aromatic N) is 2. The number of fused-ring (bicyclic) bond motifs is 1. The van der Waals surface area contributed by atoms with Crippen molar-refractivity contribution in [1.29, 1.82) is 0 Å². The van der Waals surface area contributed by atoms with Gasteiger partial charge in [-0.15, -0.1) is 11.3 Å². The number of hydrogen-bond donors (Lipinski definition) is 0. The van der Waals surface area contributed by atoms with Gasteiger partial charge in [-0.05, 0) is 30.0 Å². The highest BCUT2D eigenvalue weighted by atomic mass is 32.1. The molecule has 5 aromatic rings. The van der Waals surface area contributed by atoms with E-state index in [1.807, 2.05) is 72.1 Å². The fourth-order valence-corrected chi connectivity index (χ4v) is 5.20. The van der Waals surface area contributed by atoms with E-state index in [1.54, 1.807) is 15.7 Å². The van der Waals surface area contributed by atoms with E-state index >= 15 is 0 Å². The zero-order valence-corrected chi connectivity index (χ0v) is 16.8. The lowest BCUT2D eigenvalue weighted by molar-refractivity contribution is 1.15. The molecule has 5 rings (SSSR count). The van der Waals surface area contributed by atoms with Crippen molar-refractivity contribution in [3.63, 3.8) is 0 Å². The minimum atomic E-state index is -0.0127. The lowest BCUT2D eigenvalue weighted by atomic mass is 10.1. The summed E-state index contributed by atoms with van der Waals surface area (Å²) in [5.74, 6) is 0. The van der Waals surface area contributed by atoms with Crippen LogP contribution >= 0.6 is 22.7 Å². The van der Waals surface area contributed by atoms with Crippen LogP contribution in [0.2, 0.25) is 0 Å². The molecule has 0 radical (unpaired) electrons. The first-order chi connectivity index (χ1) is 13.7. The molecule has 0 amide bonds. The average molecular weight is 401 g/mol. The number of aryl methyl sites for hydroxylation is 1. The Hall–Kier alpha value is -3.02. The van der Waals surface area contributed by atoms with Gasteiger partial charge < -0.3 is 0 Å². The second-order valence-electron chi connectivity index (χ2n) is 6.54. The van der Waals surface area contributed by atoms with Crippen molar-refractivity contribution in [1.82, 2.24) is 9.38 Å². The molecule has 0 aliphatic rings. The molecule has 3 heterocycles. The number of imidazole rings is 1. The highest BCUT2D eigenvalue weighted by Gasteiger charge is 2.19. The molecule has 0 fully saturated rings. The molecular weight excluding hydrogens is 384 g/mol. The van der Waals surface area contributed by atoms with Gasteiger partial charge in [0, 0.05) is 16.0 Å². The zero-order valence-electron chi connectivity index (χ0n) is 15.1. The molecule has 0 bridgehead atoms. The average Bonchev–Trinajstić information content (AvgIpc) is 3.39. The Morgan fingerprint density at radius 3 is 2.25 bits per heavy atom. The van der Waals surface area contributed by atoms with E-state index in [2.05, 4.69) is 13.0 Å². The molecule has 0 saturated heterocycles. The van der Waals surface area contributed by atoms with Crippen LogP contribution in [0.1, 0.15) is 10.4 Å². The molecule has 28 heavy (non-hydrogen) atoms. The van der Waals surface area contributed by atoms with E-state index in [4.69, 9.17) is 4.98 Å². The number of benzene rings is 2. The highest BCUT2D eigenvalue weighted by Crippen LogP contribution is 2.32. The van der Waals surface area contributed by atoms with Gasteiger partial charge in [0.2, 0.25) is 0 Å². The van der Waals surface area contributed by atoms with Crippen LogP contribution in [0.15, 0.2) is 76.9 Å². The van der Waals surface area contributed by atoms with E-state index in [0.717, 1.165) is 32.4 Å². The summed E-state index contributed by atoms with van der Waals surface area (Å²) in [6, 6.07) is 22.1. The number of thiophene rings is 1. The first-order valence-corrected chi connectivity index (χ1v) is 10.6. The van der Waals surface area contributed by atoms with Gasteiger partial charge in [0.1, 0.15) is 0 Å². The summed E-state index contributed by atoms with van der Waals surface area (Å²) < 4.78 is 2.47. The van der Waals surface area contributed by atoms with Gasteiger partial charge in [-0.3, -0.25) is 4.79 Å². The first kappa shape index (κ1) is 17.1. The summed E-state index contributed by atoms with van der Waals surface area (Å²) in [4.78, 5) is 20.0. The minimum absolute atomic E-state index is 0.0127. The van der Waals surface area contributed by atoms with Crippen molar-refractivity contribution in [2.24, 2.45) is 0 Å². The summed E-state index contributed by atoms with van der Waals surface area (Å²) in [6.07, 6.45) is 1.98. The molecule has 0 aliphatic heterocycles. The lowest BCUT2D eigenvalue weighted by Crippen LogP contribution is -2.23. The predicted octanol–water partition coefficient (Wildman–Crippen LogP) is 5.01. The van der Waals surface area contributed by atoms with Crippen LogP contribution in [0.25, 0.3) is 33.6 Å². The molecule has 0 saturated carbocycles. The third-order valence-electron chi connectivity index (χ3n) is 4.72. The molecule has 0 spiro atoms. The fraction of sp³-hybridized carbons (Fsp3) is 0.0435. The zero-order chi connectivity index (χ0) is 19.1. The fourth-order valence-electron chi connectivity index (χ4n) is 3.31. The van der Waals surface area contributed by atoms with E-state index < -0.39 is 0 Å². The maximum atomic E-state index is 13.3. The van der Waals surface area contributed by atoms with Gasteiger partial charge in [-0.1, -0.05) is 72.0 Å². The second kappa shape index (κ2) is 6.86. The van der Waals surface area contributed by atoms with Crippen LogP contribution in [0.3, 0.4) is 0 Å². The van der Waals surface area contributed by atoms with Gasteiger partial charge in [0.05, 0.1) is 15.9 Å². The molecular formula is C23H16N2OS2. The quantitative estimate of drug-likeness (QED) is 0.427. The van der Waals surface area contributed by atoms with E-state index in [0.29, 0.717) is 4.53 Å². The van der Waals surface area contributed by atoms with Gasteiger partial charge in [-0.2, -0.15) is 0 Å². The summed E-state index contributed by atoms with van der Waals surface area (Å²) in [5, 5.41) is 2.05. The van der Waals surface area contributed by atoms with Gasteiger partial charge in [0.25, 0.3) is 5.56 Å². The van der Waals surface area contributed by atoms with Crippen LogP contribution in [-0.2, 0) is 0 Å². The minimum Gasteiger partial charge on any atom is -0.267 e. The largest absolute Gasteiger partial charge is 0.275 e. The molecule has 136 valence electrons. The van der Waals surface area contributed by atoms with Gasteiger partial charge >= 0.3 is 0 Å². The molecule has 0 N–H and O–H groups in total. The van der Waals surface area contributed by atoms with Crippen molar-refractivity contribution in [2.45, 2.75) is 6.92 Å². The lowest BCUT2D eigenvalue weighted by Gasteiger charge is -2.04. The first-order valence-electron chi connectivity index (χ1n) is 8.94. The van der Waals surface area contributed by atoms with Crippen molar-refractivity contribution in [2.75, 3.05) is 0 Å². The van der Waals surface area contributed by atoms with Crippen LogP contribution in [0.4, 0.5) is 0 Å². The molecule has 0 atom stereocenters. The summed E-state index contributed by atoms with van der Waals surface area (Å²) in [7, 11) is 0. The van der Waals surface area contributed by atoms with E-state index in [-0.39, 0.29) is 5.56 Å². The summed E-state index contributed by atoms with van der Waals surface area (Å²) in [6.45, 7) is 2.06.